The van der Waals surface area contributed by atoms with Crippen LogP contribution in [0.2, 0.25) is 0 Å². The Labute approximate surface area is 140 Å². The largest absolute Gasteiger partial charge is 0.410 e. The van der Waals surface area contributed by atoms with Crippen LogP contribution in [0.5, 0.6) is 0 Å². The Morgan fingerprint density at radius 2 is 2.00 bits per heavy atom. The Hall–Kier alpha value is -2.55. The summed E-state index contributed by atoms with van der Waals surface area (Å²) in [7, 11) is 0. The van der Waals surface area contributed by atoms with Crippen molar-refractivity contribution in [3.05, 3.63) is 52.8 Å². The third-order valence-corrected chi connectivity index (χ3v) is 4.37. The molecule has 2 N–H and O–H groups in total. The summed E-state index contributed by atoms with van der Waals surface area (Å²) >= 11 is 1.13. The van der Waals surface area contributed by atoms with Crippen molar-refractivity contribution in [2.75, 3.05) is 5.32 Å². The van der Waals surface area contributed by atoms with Crippen molar-refractivity contribution in [2.45, 2.75) is 25.7 Å². The van der Waals surface area contributed by atoms with Gasteiger partial charge < -0.3 is 10.5 Å². The molecule has 1 atom stereocenters. The number of hydrogen-bond donors (Lipinski definition) is 2. The van der Waals surface area contributed by atoms with Crippen molar-refractivity contribution in [1.29, 1.82) is 0 Å². The predicted octanol–water partition coefficient (Wildman–Crippen LogP) is 3.98. The van der Waals surface area contributed by atoms with Crippen molar-refractivity contribution >= 4 is 22.2 Å². The lowest BCUT2D eigenvalue weighted by Crippen LogP contribution is -2.07. The van der Waals surface area contributed by atoms with Crippen molar-refractivity contribution < 1.29 is 14.0 Å². The standard InChI is InChI=1S/C15H15F2N5OS/c1-9(12-7-18-21-22(12)23)10-3-5-11(6-4-10)19-14-20-13(8-24-14)15(2,16)17/h3-9,23H,1-2H3,(H,19,20). The van der Waals surface area contributed by atoms with E-state index in [1.54, 1.807) is 0 Å². The molecular weight excluding hydrogens is 336 g/mol. The van der Waals surface area contributed by atoms with Gasteiger partial charge in [-0.05, 0) is 22.9 Å². The summed E-state index contributed by atoms with van der Waals surface area (Å²) in [5, 5.41) is 21.5. The van der Waals surface area contributed by atoms with Gasteiger partial charge in [0.25, 0.3) is 5.92 Å². The first kappa shape index (κ1) is 16.3. The Balaban J connectivity index is 1.73. The zero-order chi connectivity index (χ0) is 17.3. The van der Waals surface area contributed by atoms with E-state index in [4.69, 9.17) is 0 Å². The van der Waals surface area contributed by atoms with Crippen LogP contribution in [0.1, 0.15) is 36.7 Å². The normalized spacial score (nSPS) is 13.0. The van der Waals surface area contributed by atoms with E-state index in [9.17, 15) is 14.0 Å². The van der Waals surface area contributed by atoms with Gasteiger partial charge in [-0.2, -0.15) is 8.78 Å². The average Bonchev–Trinajstić information content (AvgIpc) is 3.16. The molecule has 3 aromatic rings. The van der Waals surface area contributed by atoms with Crippen molar-refractivity contribution in [1.82, 2.24) is 20.1 Å². The fourth-order valence-electron chi connectivity index (χ4n) is 2.20. The van der Waals surface area contributed by atoms with Gasteiger partial charge in [-0.25, -0.2) is 4.98 Å². The van der Waals surface area contributed by atoms with Crippen LogP contribution in [0.3, 0.4) is 0 Å². The summed E-state index contributed by atoms with van der Waals surface area (Å²) in [6, 6.07) is 7.40. The molecule has 126 valence electrons. The highest BCUT2D eigenvalue weighted by Gasteiger charge is 2.27. The Kier molecular flexibility index (Phi) is 4.18. The van der Waals surface area contributed by atoms with Gasteiger partial charge in [-0.3, -0.25) is 0 Å². The fraction of sp³-hybridized carbons (Fsp3) is 0.267. The fourth-order valence-corrected chi connectivity index (χ4v) is 3.02. The lowest BCUT2D eigenvalue weighted by atomic mass is 9.98. The molecule has 2 aromatic heterocycles. The summed E-state index contributed by atoms with van der Waals surface area (Å²) in [5.41, 5.74) is 2.02. The number of halogens is 2. The minimum atomic E-state index is -2.95. The molecule has 1 unspecified atom stereocenters. The Morgan fingerprint density at radius 3 is 2.54 bits per heavy atom. The monoisotopic (exact) mass is 351 g/mol. The molecule has 0 aliphatic heterocycles. The van der Waals surface area contributed by atoms with Crippen molar-refractivity contribution in [2.24, 2.45) is 0 Å². The third kappa shape index (κ3) is 3.35. The van der Waals surface area contributed by atoms with Gasteiger partial charge in [0.1, 0.15) is 11.4 Å². The van der Waals surface area contributed by atoms with E-state index >= 15 is 0 Å². The SMILES string of the molecule is CC(c1ccc(Nc2nc(C(C)(F)F)cs2)cc1)c1cnnn1O. The van der Waals surface area contributed by atoms with Crippen LogP contribution in [-0.2, 0) is 5.92 Å². The van der Waals surface area contributed by atoms with Crippen LogP contribution in [0, 0.1) is 0 Å². The summed E-state index contributed by atoms with van der Waals surface area (Å²) in [6.07, 6.45) is 1.50. The van der Waals surface area contributed by atoms with Gasteiger partial charge in [-0.1, -0.05) is 23.9 Å². The lowest BCUT2D eigenvalue weighted by molar-refractivity contribution is 0.0135. The molecular formula is C15H15F2N5OS. The molecule has 9 heteroatoms. The second-order valence-corrected chi connectivity index (χ2v) is 6.30. The van der Waals surface area contributed by atoms with E-state index in [-0.39, 0.29) is 11.6 Å². The summed E-state index contributed by atoms with van der Waals surface area (Å²) in [4.78, 5) is 4.64. The minimum Gasteiger partial charge on any atom is -0.410 e. The van der Waals surface area contributed by atoms with E-state index in [0.717, 1.165) is 34.4 Å². The maximum atomic E-state index is 13.2. The molecule has 0 amide bonds. The molecule has 24 heavy (non-hydrogen) atoms. The number of anilines is 2. The maximum absolute atomic E-state index is 13.2. The molecule has 1 aromatic carbocycles. The Bertz CT molecular complexity index is 825. The summed E-state index contributed by atoms with van der Waals surface area (Å²) in [6.45, 7) is 2.74. The second-order valence-electron chi connectivity index (χ2n) is 5.44. The quantitative estimate of drug-likeness (QED) is 0.680. The first-order valence-electron chi connectivity index (χ1n) is 7.15. The van der Waals surface area contributed by atoms with Gasteiger partial charge >= 0.3 is 0 Å². The van der Waals surface area contributed by atoms with Crippen molar-refractivity contribution in [3.63, 3.8) is 0 Å². The van der Waals surface area contributed by atoms with Crippen LogP contribution < -0.4 is 5.32 Å². The summed E-state index contributed by atoms with van der Waals surface area (Å²) < 4.78 is 26.4. The number of benzene rings is 1. The molecule has 0 spiro atoms. The number of thiazole rings is 1. The second kappa shape index (κ2) is 6.16. The molecule has 2 heterocycles. The molecule has 6 nitrogen and oxygen atoms in total. The van der Waals surface area contributed by atoms with E-state index in [1.807, 2.05) is 31.2 Å². The van der Waals surface area contributed by atoms with Crippen LogP contribution >= 0.6 is 11.3 Å². The number of nitrogens with zero attached hydrogens (tertiary/aromatic N) is 4. The van der Waals surface area contributed by atoms with Crippen LogP contribution in [-0.4, -0.2) is 25.3 Å². The van der Waals surface area contributed by atoms with Crippen LogP contribution in [0.15, 0.2) is 35.8 Å². The summed E-state index contributed by atoms with van der Waals surface area (Å²) in [5.74, 6) is -3.04. The maximum Gasteiger partial charge on any atom is 0.287 e. The smallest absolute Gasteiger partial charge is 0.287 e. The first-order valence-corrected chi connectivity index (χ1v) is 8.03. The lowest BCUT2D eigenvalue weighted by Gasteiger charge is -2.11. The average molecular weight is 351 g/mol. The van der Waals surface area contributed by atoms with Crippen LogP contribution in [0.4, 0.5) is 19.6 Å². The first-order chi connectivity index (χ1) is 11.3. The van der Waals surface area contributed by atoms with E-state index in [0.29, 0.717) is 10.8 Å². The van der Waals surface area contributed by atoms with Crippen molar-refractivity contribution in [3.8, 4) is 0 Å². The van der Waals surface area contributed by atoms with Crippen LogP contribution in [0.25, 0.3) is 0 Å². The third-order valence-electron chi connectivity index (χ3n) is 3.62. The Morgan fingerprint density at radius 1 is 1.29 bits per heavy atom. The molecule has 0 saturated heterocycles. The highest BCUT2D eigenvalue weighted by atomic mass is 32.1. The molecule has 0 saturated carbocycles. The zero-order valence-electron chi connectivity index (χ0n) is 12.9. The number of alkyl halides is 2. The molecule has 0 bridgehead atoms. The molecule has 0 fully saturated rings. The van der Waals surface area contributed by atoms with Gasteiger partial charge in [0.15, 0.2) is 5.13 Å². The van der Waals surface area contributed by atoms with Gasteiger partial charge in [-0.15, -0.1) is 16.4 Å². The van der Waals surface area contributed by atoms with Gasteiger partial charge in [0.05, 0.1) is 6.20 Å². The number of rotatable bonds is 5. The molecule has 0 aliphatic carbocycles. The number of hydrogen-bond acceptors (Lipinski definition) is 6. The topological polar surface area (TPSA) is 75.9 Å². The van der Waals surface area contributed by atoms with E-state index < -0.39 is 5.92 Å². The van der Waals surface area contributed by atoms with E-state index in [2.05, 4.69) is 20.6 Å². The molecule has 3 rings (SSSR count). The molecule has 0 radical (unpaired) electrons. The molecule has 0 aliphatic rings. The van der Waals surface area contributed by atoms with Gasteiger partial charge in [0, 0.05) is 23.9 Å². The number of nitrogens with one attached hydrogen (secondary N) is 1. The zero-order valence-corrected chi connectivity index (χ0v) is 13.8. The minimum absolute atomic E-state index is 0.0932. The highest BCUT2D eigenvalue weighted by Crippen LogP contribution is 2.31. The van der Waals surface area contributed by atoms with Gasteiger partial charge in [0.2, 0.25) is 0 Å². The number of aromatic nitrogens is 4. The predicted molar refractivity (Wildman–Crippen MR) is 86.1 cm³/mol. The van der Waals surface area contributed by atoms with E-state index in [1.165, 1.54) is 11.6 Å². The highest BCUT2D eigenvalue weighted by molar-refractivity contribution is 7.13.